The molecule has 0 N–H and O–H groups in total. The van der Waals surface area contributed by atoms with Crippen molar-refractivity contribution in [2.75, 3.05) is 18.0 Å². The number of hydrogen-bond donors (Lipinski definition) is 0. The summed E-state index contributed by atoms with van der Waals surface area (Å²) in [7, 11) is 0. The van der Waals surface area contributed by atoms with Crippen LogP contribution < -0.4 is 10.5 Å². The van der Waals surface area contributed by atoms with Gasteiger partial charge in [-0.1, -0.05) is 0 Å². The molecule has 1 saturated heterocycles. The van der Waals surface area contributed by atoms with Crippen LogP contribution in [0.2, 0.25) is 0 Å². The molecule has 0 saturated carbocycles. The Hall–Kier alpha value is -2.24. The lowest BCUT2D eigenvalue weighted by atomic mass is 9.96. The summed E-state index contributed by atoms with van der Waals surface area (Å²) >= 11 is 0. The molecule has 25 heavy (non-hydrogen) atoms. The molecule has 3 heterocycles. The Kier molecular flexibility index (Phi) is 4.51. The average Bonchev–Trinajstić information content (AvgIpc) is 2.64. The molecule has 0 unspecified atom stereocenters. The largest absolute Gasteiger partial charge is 0.355 e. The van der Waals surface area contributed by atoms with Crippen LogP contribution in [-0.2, 0) is 19.4 Å². The molecule has 1 fully saturated rings. The van der Waals surface area contributed by atoms with E-state index in [1.165, 1.54) is 18.4 Å². The van der Waals surface area contributed by atoms with Gasteiger partial charge in [-0.25, -0.2) is 9.67 Å². The maximum Gasteiger partial charge on any atom is 0.267 e. The van der Waals surface area contributed by atoms with E-state index in [2.05, 4.69) is 20.0 Å². The summed E-state index contributed by atoms with van der Waals surface area (Å²) in [5.41, 5.74) is 3.31. The van der Waals surface area contributed by atoms with Gasteiger partial charge in [0, 0.05) is 25.7 Å². The lowest BCUT2D eigenvalue weighted by Gasteiger charge is -2.32. The van der Waals surface area contributed by atoms with E-state index in [4.69, 9.17) is 0 Å². The molecule has 0 spiro atoms. The van der Waals surface area contributed by atoms with Crippen LogP contribution in [0.5, 0.6) is 0 Å². The first-order chi connectivity index (χ1) is 12.2. The van der Waals surface area contributed by atoms with Gasteiger partial charge >= 0.3 is 0 Å². The van der Waals surface area contributed by atoms with Gasteiger partial charge in [0.1, 0.15) is 5.82 Å². The van der Waals surface area contributed by atoms with E-state index in [1.807, 2.05) is 25.4 Å². The highest BCUT2D eigenvalue weighted by atomic mass is 16.1. The van der Waals surface area contributed by atoms with Gasteiger partial charge in [-0.05, 0) is 56.9 Å². The van der Waals surface area contributed by atoms with Crippen molar-refractivity contribution in [2.45, 2.75) is 52.0 Å². The first kappa shape index (κ1) is 16.2. The summed E-state index contributed by atoms with van der Waals surface area (Å²) in [6, 6.07) is 1.82. The molecule has 1 aliphatic carbocycles. The number of anilines is 1. The van der Waals surface area contributed by atoms with Gasteiger partial charge in [-0.15, -0.1) is 0 Å². The van der Waals surface area contributed by atoms with Gasteiger partial charge < -0.3 is 4.90 Å². The fraction of sp³-hybridized carbons (Fsp3) is 0.579. The third-order valence-corrected chi connectivity index (χ3v) is 5.41. The maximum absolute atomic E-state index is 12.4. The Morgan fingerprint density at radius 2 is 1.92 bits per heavy atom. The maximum atomic E-state index is 12.4. The number of aryl methyl sites for hydroxylation is 3. The summed E-state index contributed by atoms with van der Waals surface area (Å²) in [6.45, 7) is 4.61. The third kappa shape index (κ3) is 3.57. The predicted octanol–water partition coefficient (Wildman–Crippen LogP) is 2.14. The van der Waals surface area contributed by atoms with Crippen LogP contribution in [-0.4, -0.2) is 32.8 Å². The van der Waals surface area contributed by atoms with Crippen molar-refractivity contribution < 1.29 is 0 Å². The summed E-state index contributed by atoms with van der Waals surface area (Å²) in [4.78, 5) is 23.4. The quantitative estimate of drug-likeness (QED) is 0.857. The van der Waals surface area contributed by atoms with Crippen molar-refractivity contribution >= 4 is 5.82 Å². The zero-order chi connectivity index (χ0) is 17.2. The Morgan fingerprint density at radius 3 is 2.68 bits per heavy atom. The molecule has 0 amide bonds. The molecule has 0 radical (unpaired) electrons. The molecule has 0 aromatic carbocycles. The van der Waals surface area contributed by atoms with E-state index in [0.29, 0.717) is 5.92 Å². The number of nitrogens with zero attached hydrogens (tertiary/aromatic N) is 5. The third-order valence-electron chi connectivity index (χ3n) is 5.41. The van der Waals surface area contributed by atoms with Crippen LogP contribution in [0.25, 0.3) is 0 Å². The van der Waals surface area contributed by atoms with Crippen LogP contribution >= 0.6 is 0 Å². The highest BCUT2D eigenvalue weighted by Gasteiger charge is 2.22. The van der Waals surface area contributed by atoms with Gasteiger partial charge in [0.25, 0.3) is 5.56 Å². The molecular weight excluding hydrogens is 314 g/mol. The second-order valence-electron chi connectivity index (χ2n) is 7.29. The Morgan fingerprint density at radius 1 is 1.12 bits per heavy atom. The van der Waals surface area contributed by atoms with Gasteiger partial charge in [0.05, 0.1) is 23.8 Å². The highest BCUT2D eigenvalue weighted by molar-refractivity contribution is 5.36. The molecule has 6 nitrogen and oxygen atoms in total. The molecule has 2 aromatic rings. The Labute approximate surface area is 147 Å². The van der Waals surface area contributed by atoms with Crippen molar-refractivity contribution in [1.82, 2.24) is 19.7 Å². The van der Waals surface area contributed by atoms with Gasteiger partial charge in [0.15, 0.2) is 0 Å². The Bertz CT molecular complexity index is 790. The minimum Gasteiger partial charge on any atom is -0.355 e. The van der Waals surface area contributed by atoms with Gasteiger partial charge in [-0.3, -0.25) is 9.78 Å². The molecule has 4 rings (SSSR count). The normalized spacial score (nSPS) is 18.2. The van der Waals surface area contributed by atoms with Crippen LogP contribution in [0.15, 0.2) is 23.3 Å². The van der Waals surface area contributed by atoms with Crippen LogP contribution in [0, 0.1) is 12.8 Å². The first-order valence-corrected chi connectivity index (χ1v) is 9.32. The zero-order valence-electron chi connectivity index (χ0n) is 14.8. The fourth-order valence-electron chi connectivity index (χ4n) is 3.87. The van der Waals surface area contributed by atoms with Crippen molar-refractivity contribution in [3.05, 3.63) is 45.8 Å². The minimum absolute atomic E-state index is 0.0625. The summed E-state index contributed by atoms with van der Waals surface area (Å²) in [6.07, 6.45) is 10.2. The standard InChI is InChI=1S/C19H25N5O/c1-14-11-21-18(12-20-14)23-8-6-15(7-9-23)13-24-19(25)10-16-4-2-3-5-17(16)22-24/h10-12,15H,2-9,13H2,1H3. The summed E-state index contributed by atoms with van der Waals surface area (Å²) in [5.74, 6) is 1.45. The van der Waals surface area contributed by atoms with Crippen molar-refractivity contribution in [2.24, 2.45) is 5.92 Å². The van der Waals surface area contributed by atoms with E-state index in [-0.39, 0.29) is 5.56 Å². The monoisotopic (exact) mass is 339 g/mol. The van der Waals surface area contributed by atoms with E-state index in [9.17, 15) is 4.79 Å². The zero-order valence-corrected chi connectivity index (χ0v) is 14.8. The molecule has 6 heteroatoms. The van der Waals surface area contributed by atoms with E-state index in [0.717, 1.165) is 62.5 Å². The number of hydrogen-bond acceptors (Lipinski definition) is 5. The Balaban J connectivity index is 1.40. The van der Waals surface area contributed by atoms with Crippen molar-refractivity contribution in [3.63, 3.8) is 0 Å². The average molecular weight is 339 g/mol. The number of aromatic nitrogens is 4. The number of rotatable bonds is 3. The van der Waals surface area contributed by atoms with E-state index < -0.39 is 0 Å². The molecule has 1 aliphatic heterocycles. The predicted molar refractivity (Wildman–Crippen MR) is 96.8 cm³/mol. The SMILES string of the molecule is Cc1cnc(N2CCC(Cn3nc4c(cc3=O)CCCC4)CC2)cn1. The molecule has 132 valence electrons. The van der Waals surface area contributed by atoms with E-state index in [1.54, 1.807) is 4.68 Å². The first-order valence-electron chi connectivity index (χ1n) is 9.32. The topological polar surface area (TPSA) is 63.9 Å². The van der Waals surface area contributed by atoms with Gasteiger partial charge in [-0.2, -0.15) is 5.10 Å². The van der Waals surface area contributed by atoms with Gasteiger partial charge in [0.2, 0.25) is 0 Å². The summed E-state index contributed by atoms with van der Waals surface area (Å²) < 4.78 is 1.70. The van der Waals surface area contributed by atoms with Crippen LogP contribution in [0.4, 0.5) is 5.82 Å². The molecular formula is C19H25N5O. The molecule has 0 bridgehead atoms. The highest BCUT2D eigenvalue weighted by Crippen LogP contribution is 2.23. The lowest BCUT2D eigenvalue weighted by molar-refractivity contribution is 0.331. The van der Waals surface area contributed by atoms with E-state index >= 15 is 0 Å². The second-order valence-corrected chi connectivity index (χ2v) is 7.29. The van der Waals surface area contributed by atoms with Crippen molar-refractivity contribution in [3.8, 4) is 0 Å². The number of piperidine rings is 1. The molecule has 0 atom stereocenters. The molecule has 2 aromatic heterocycles. The van der Waals surface area contributed by atoms with Crippen LogP contribution in [0.3, 0.4) is 0 Å². The number of fused-ring (bicyclic) bond motifs is 1. The van der Waals surface area contributed by atoms with Crippen molar-refractivity contribution in [1.29, 1.82) is 0 Å². The van der Waals surface area contributed by atoms with Crippen LogP contribution in [0.1, 0.15) is 42.6 Å². The molecule has 2 aliphatic rings. The second kappa shape index (κ2) is 6.94. The fourth-order valence-corrected chi connectivity index (χ4v) is 3.87. The summed E-state index contributed by atoms with van der Waals surface area (Å²) in [5, 5.41) is 4.66. The minimum atomic E-state index is 0.0625. The smallest absolute Gasteiger partial charge is 0.267 e. The lowest BCUT2D eigenvalue weighted by Crippen LogP contribution is -2.37.